The largest absolute Gasteiger partial charge is 0.444 e. The summed E-state index contributed by atoms with van der Waals surface area (Å²) in [6, 6.07) is 2.86. The van der Waals surface area contributed by atoms with E-state index in [4.69, 9.17) is 4.74 Å². The molecule has 0 spiro atoms. The molecular formula is C21H29N5O5. The molecule has 2 aromatic rings. The van der Waals surface area contributed by atoms with Crippen molar-refractivity contribution in [3.05, 3.63) is 46.4 Å². The van der Waals surface area contributed by atoms with E-state index in [1.165, 1.54) is 10.9 Å². The van der Waals surface area contributed by atoms with Gasteiger partial charge in [-0.05, 0) is 46.2 Å². The van der Waals surface area contributed by atoms with Gasteiger partial charge in [-0.3, -0.25) is 14.2 Å². The standard InChI is InChI=1S/C21H29N5O5/c1-14-11-25(13-22-14)17-6-5-16(26(9-10-27)19(17)29)18(28)23-15-7-8-24(12-15)20(30)31-21(2,3)4/h5-6,11,13,15,27H,7-10,12H2,1-4H3,(H,23,28)/t15-/m1/s1. The van der Waals surface area contributed by atoms with Crippen molar-refractivity contribution in [2.75, 3.05) is 19.7 Å². The van der Waals surface area contributed by atoms with Crippen molar-refractivity contribution in [3.63, 3.8) is 0 Å². The number of amides is 2. The molecule has 3 rings (SSSR count). The van der Waals surface area contributed by atoms with Crippen LogP contribution >= 0.6 is 0 Å². The highest BCUT2D eigenvalue weighted by Gasteiger charge is 2.31. The molecule has 0 unspecified atom stereocenters. The first-order chi connectivity index (χ1) is 14.6. The fourth-order valence-corrected chi connectivity index (χ4v) is 3.47. The highest BCUT2D eigenvalue weighted by molar-refractivity contribution is 5.93. The van der Waals surface area contributed by atoms with Crippen molar-refractivity contribution in [1.82, 2.24) is 24.3 Å². The zero-order valence-electron chi connectivity index (χ0n) is 18.3. The lowest BCUT2D eigenvalue weighted by Crippen LogP contribution is -2.42. The smallest absolute Gasteiger partial charge is 0.410 e. The topological polar surface area (TPSA) is 119 Å². The van der Waals surface area contributed by atoms with Crippen LogP contribution in [0.15, 0.2) is 29.5 Å². The van der Waals surface area contributed by atoms with E-state index in [2.05, 4.69) is 10.3 Å². The Labute approximate surface area is 180 Å². The van der Waals surface area contributed by atoms with Gasteiger partial charge in [0, 0.05) is 31.9 Å². The van der Waals surface area contributed by atoms with E-state index in [0.717, 1.165) is 5.69 Å². The monoisotopic (exact) mass is 431 g/mol. The molecule has 1 aliphatic rings. The number of aryl methyl sites for hydroxylation is 1. The molecule has 1 fully saturated rings. The van der Waals surface area contributed by atoms with Crippen LogP contribution in [0.5, 0.6) is 0 Å². The molecule has 0 aliphatic carbocycles. The van der Waals surface area contributed by atoms with Crippen molar-refractivity contribution < 1.29 is 19.4 Å². The number of aliphatic hydroxyl groups is 1. The summed E-state index contributed by atoms with van der Waals surface area (Å²) in [4.78, 5) is 43.8. The number of carbonyl (C=O) groups is 2. The molecule has 0 bridgehead atoms. The molecule has 1 saturated heterocycles. The quantitative estimate of drug-likeness (QED) is 0.731. The fraction of sp³-hybridized carbons (Fsp3) is 0.524. The number of hydrogen-bond acceptors (Lipinski definition) is 6. The normalized spacial score (nSPS) is 16.4. The number of nitrogens with zero attached hydrogens (tertiary/aromatic N) is 4. The van der Waals surface area contributed by atoms with Gasteiger partial charge in [0.2, 0.25) is 0 Å². The Morgan fingerprint density at radius 1 is 1.32 bits per heavy atom. The fourth-order valence-electron chi connectivity index (χ4n) is 3.47. The van der Waals surface area contributed by atoms with E-state index in [9.17, 15) is 19.5 Å². The third-order valence-corrected chi connectivity index (χ3v) is 4.88. The molecule has 31 heavy (non-hydrogen) atoms. The van der Waals surface area contributed by atoms with Gasteiger partial charge < -0.3 is 24.6 Å². The number of aromatic nitrogens is 3. The van der Waals surface area contributed by atoms with Crippen molar-refractivity contribution in [2.24, 2.45) is 0 Å². The lowest BCUT2D eigenvalue weighted by atomic mass is 10.2. The number of carbonyl (C=O) groups excluding carboxylic acids is 2. The number of imidazole rings is 1. The van der Waals surface area contributed by atoms with Gasteiger partial charge in [0.15, 0.2) is 0 Å². The Hall–Kier alpha value is -3.14. The van der Waals surface area contributed by atoms with Crippen LogP contribution < -0.4 is 10.9 Å². The van der Waals surface area contributed by atoms with Crippen LogP contribution in [0.25, 0.3) is 5.69 Å². The maximum absolute atomic E-state index is 13.0. The Kier molecular flexibility index (Phi) is 6.49. The van der Waals surface area contributed by atoms with E-state index < -0.39 is 23.2 Å². The van der Waals surface area contributed by atoms with Gasteiger partial charge in [0.05, 0.1) is 18.6 Å². The van der Waals surface area contributed by atoms with Crippen LogP contribution in [-0.4, -0.2) is 67.5 Å². The summed E-state index contributed by atoms with van der Waals surface area (Å²) in [6.07, 6.45) is 3.41. The van der Waals surface area contributed by atoms with Crippen LogP contribution in [0.2, 0.25) is 0 Å². The maximum atomic E-state index is 13.0. The SMILES string of the molecule is Cc1cn(-c2ccc(C(=O)N[C@@H]3CCN(C(=O)OC(C)(C)C)C3)n(CCO)c2=O)cn1. The summed E-state index contributed by atoms with van der Waals surface area (Å²) in [5.74, 6) is -0.435. The minimum atomic E-state index is -0.589. The first-order valence-electron chi connectivity index (χ1n) is 10.2. The average Bonchev–Trinajstić information content (AvgIpc) is 3.31. The van der Waals surface area contributed by atoms with Crippen molar-refractivity contribution >= 4 is 12.0 Å². The molecule has 168 valence electrons. The second-order valence-electron chi connectivity index (χ2n) is 8.59. The van der Waals surface area contributed by atoms with E-state index >= 15 is 0 Å². The van der Waals surface area contributed by atoms with Gasteiger partial charge in [0.25, 0.3) is 11.5 Å². The third-order valence-electron chi connectivity index (χ3n) is 4.88. The van der Waals surface area contributed by atoms with Gasteiger partial charge in [-0.15, -0.1) is 0 Å². The summed E-state index contributed by atoms with van der Waals surface area (Å²) in [5, 5.41) is 12.3. The highest BCUT2D eigenvalue weighted by Crippen LogP contribution is 2.16. The van der Waals surface area contributed by atoms with Crippen LogP contribution in [0.3, 0.4) is 0 Å². The molecular weight excluding hydrogens is 402 g/mol. The Balaban J connectivity index is 1.75. The summed E-state index contributed by atoms with van der Waals surface area (Å²) in [6.45, 7) is 7.72. The Morgan fingerprint density at radius 2 is 2.06 bits per heavy atom. The van der Waals surface area contributed by atoms with Crippen molar-refractivity contribution in [3.8, 4) is 5.69 Å². The number of likely N-dealkylation sites (tertiary alicyclic amines) is 1. The number of pyridine rings is 1. The summed E-state index contributed by atoms with van der Waals surface area (Å²) < 4.78 is 8.21. The van der Waals surface area contributed by atoms with E-state index in [0.29, 0.717) is 25.2 Å². The van der Waals surface area contributed by atoms with Gasteiger partial charge in [0.1, 0.15) is 17.0 Å². The lowest BCUT2D eigenvalue weighted by Gasteiger charge is -2.24. The number of aliphatic hydroxyl groups excluding tert-OH is 1. The second-order valence-corrected chi connectivity index (χ2v) is 8.59. The van der Waals surface area contributed by atoms with E-state index in [1.54, 1.807) is 48.6 Å². The number of rotatable bonds is 5. The van der Waals surface area contributed by atoms with Gasteiger partial charge >= 0.3 is 6.09 Å². The zero-order chi connectivity index (χ0) is 22.8. The van der Waals surface area contributed by atoms with Crippen LogP contribution in [-0.2, 0) is 11.3 Å². The molecule has 0 radical (unpaired) electrons. The van der Waals surface area contributed by atoms with Gasteiger partial charge in [-0.2, -0.15) is 0 Å². The molecule has 0 aromatic carbocycles. The van der Waals surface area contributed by atoms with E-state index in [1.807, 2.05) is 6.92 Å². The second kappa shape index (κ2) is 8.93. The molecule has 2 aromatic heterocycles. The molecule has 10 nitrogen and oxygen atoms in total. The molecule has 1 atom stereocenters. The molecule has 2 amide bonds. The molecule has 3 heterocycles. The third kappa shape index (κ3) is 5.32. The number of ether oxygens (including phenoxy) is 1. The summed E-state index contributed by atoms with van der Waals surface area (Å²) in [5.41, 5.74) is 0.249. The number of nitrogens with one attached hydrogen (secondary N) is 1. The minimum Gasteiger partial charge on any atom is -0.444 e. The Bertz CT molecular complexity index is 1020. The minimum absolute atomic E-state index is 0.0161. The van der Waals surface area contributed by atoms with Crippen LogP contribution in [0.1, 0.15) is 43.4 Å². The zero-order valence-corrected chi connectivity index (χ0v) is 18.3. The number of hydrogen-bond donors (Lipinski definition) is 2. The average molecular weight is 431 g/mol. The van der Waals surface area contributed by atoms with Crippen molar-refractivity contribution in [2.45, 2.75) is 52.3 Å². The summed E-state index contributed by atoms with van der Waals surface area (Å²) in [7, 11) is 0. The van der Waals surface area contributed by atoms with Gasteiger partial charge in [-0.1, -0.05) is 0 Å². The maximum Gasteiger partial charge on any atom is 0.410 e. The lowest BCUT2D eigenvalue weighted by molar-refractivity contribution is 0.0290. The molecule has 1 aliphatic heterocycles. The predicted octanol–water partition coefficient (Wildman–Crippen LogP) is 1.07. The highest BCUT2D eigenvalue weighted by atomic mass is 16.6. The summed E-state index contributed by atoms with van der Waals surface area (Å²) >= 11 is 0. The molecule has 0 saturated carbocycles. The van der Waals surface area contributed by atoms with Crippen LogP contribution in [0, 0.1) is 6.92 Å². The van der Waals surface area contributed by atoms with Crippen molar-refractivity contribution in [1.29, 1.82) is 0 Å². The van der Waals surface area contributed by atoms with Gasteiger partial charge in [-0.25, -0.2) is 9.78 Å². The van der Waals surface area contributed by atoms with Crippen LogP contribution in [0.4, 0.5) is 4.79 Å². The first-order valence-corrected chi connectivity index (χ1v) is 10.2. The first kappa shape index (κ1) is 22.5. The Morgan fingerprint density at radius 3 is 2.68 bits per heavy atom. The predicted molar refractivity (Wildman–Crippen MR) is 113 cm³/mol. The van der Waals surface area contributed by atoms with E-state index in [-0.39, 0.29) is 24.9 Å². The molecule has 10 heteroatoms. The molecule has 2 N–H and O–H groups in total.